The van der Waals surface area contributed by atoms with Crippen LogP contribution in [0.1, 0.15) is 91.4 Å². The average Bonchev–Trinajstić information content (AvgIpc) is 3.47. The molecule has 3 nitrogen and oxygen atoms in total. The van der Waals surface area contributed by atoms with Crippen molar-refractivity contribution in [1.82, 2.24) is 0 Å². The molecule has 0 bridgehead atoms. The van der Waals surface area contributed by atoms with Gasteiger partial charge in [0.05, 0.1) is 18.3 Å². The summed E-state index contributed by atoms with van der Waals surface area (Å²) < 4.78 is 0. The molecule has 0 radical (unpaired) electrons. The van der Waals surface area contributed by atoms with Crippen molar-refractivity contribution < 1.29 is 15.3 Å². The molecular weight excluding hydrogens is 408 g/mol. The van der Waals surface area contributed by atoms with E-state index in [1.165, 1.54) is 44.1 Å². The van der Waals surface area contributed by atoms with Crippen LogP contribution in [-0.4, -0.2) is 33.6 Å². The van der Waals surface area contributed by atoms with Crippen molar-refractivity contribution in [3.05, 3.63) is 47.6 Å². The van der Waals surface area contributed by atoms with Gasteiger partial charge in [-0.15, -0.1) is 0 Å². The maximum atomic E-state index is 10.8. The lowest BCUT2D eigenvalue weighted by Crippen LogP contribution is -2.35. The normalized spacial score (nSPS) is 40.4. The summed E-state index contributed by atoms with van der Waals surface area (Å²) in [5, 5.41) is 31.1. The molecule has 4 aliphatic carbocycles. The van der Waals surface area contributed by atoms with E-state index in [2.05, 4.69) is 51.7 Å². The Labute approximate surface area is 201 Å². The summed E-state index contributed by atoms with van der Waals surface area (Å²) in [6.07, 6.45) is 19.3. The highest BCUT2D eigenvalue weighted by molar-refractivity contribution is 5.38. The molecule has 4 fully saturated rings. The lowest BCUT2D eigenvalue weighted by atomic mass is 9.61. The van der Waals surface area contributed by atoms with E-state index in [0.717, 1.165) is 30.4 Å². The van der Waals surface area contributed by atoms with Crippen LogP contribution < -0.4 is 0 Å². The fraction of sp³-hybridized carbons (Fsp3) is 0.733. The molecule has 3 heteroatoms. The second-order valence-corrected chi connectivity index (χ2v) is 12.0. The summed E-state index contributed by atoms with van der Waals surface area (Å²) in [7, 11) is 0. The van der Waals surface area contributed by atoms with E-state index in [1.807, 2.05) is 0 Å². The fourth-order valence-electron chi connectivity index (χ4n) is 7.58. The molecule has 0 heterocycles. The maximum absolute atomic E-state index is 10.8. The van der Waals surface area contributed by atoms with Gasteiger partial charge in [-0.2, -0.15) is 0 Å². The smallest absolute Gasteiger partial charge is 0.0811 e. The lowest BCUT2D eigenvalue weighted by Gasteiger charge is -2.44. The number of aliphatic hydroxyl groups is 3. The molecule has 0 aromatic rings. The minimum atomic E-state index is -0.624. The monoisotopic (exact) mass is 454 g/mol. The number of allylic oxidation sites excluding steroid dienone is 4. The first-order valence-electron chi connectivity index (χ1n) is 13.5. The highest BCUT2D eigenvalue weighted by Crippen LogP contribution is 2.60. The Hall–Kier alpha value is -1.16. The number of aliphatic hydroxyl groups excluding tert-OH is 3. The maximum Gasteiger partial charge on any atom is 0.0811 e. The molecule has 4 aliphatic rings. The van der Waals surface area contributed by atoms with Crippen LogP contribution in [0.25, 0.3) is 0 Å². The van der Waals surface area contributed by atoms with Gasteiger partial charge in [0.25, 0.3) is 0 Å². The fourth-order valence-corrected chi connectivity index (χ4v) is 7.58. The molecule has 0 saturated heterocycles. The van der Waals surface area contributed by atoms with Crippen LogP contribution in [-0.2, 0) is 0 Å². The highest BCUT2D eigenvalue weighted by Gasteiger charge is 2.51. The first-order chi connectivity index (χ1) is 15.7. The van der Waals surface area contributed by atoms with Crippen molar-refractivity contribution in [3.8, 4) is 0 Å². The summed E-state index contributed by atoms with van der Waals surface area (Å²) in [6.45, 7) is 11.2. The SMILES string of the molecule is C=C1C(=CC=C2CCC[C@]3(C)[C@@H]([C@H](C)C=C[C@@H](O)C4(CCC)CC4)CC[C@@H]23)C[C@@H](O)C[C@@H]1O. The average molecular weight is 455 g/mol. The summed E-state index contributed by atoms with van der Waals surface area (Å²) >= 11 is 0. The minimum absolute atomic E-state index is 0.172. The Kier molecular flexibility index (Phi) is 7.44. The molecular formula is C30H46O3. The molecule has 4 rings (SSSR count). The van der Waals surface area contributed by atoms with Crippen molar-refractivity contribution in [2.24, 2.45) is 28.6 Å². The van der Waals surface area contributed by atoms with Crippen LogP contribution in [0.15, 0.2) is 47.6 Å². The van der Waals surface area contributed by atoms with Crippen molar-refractivity contribution in [2.45, 2.75) is 110 Å². The zero-order chi connectivity index (χ0) is 23.8. The molecule has 0 spiro atoms. The third-order valence-electron chi connectivity index (χ3n) is 9.80. The molecule has 0 amide bonds. The topological polar surface area (TPSA) is 60.7 Å². The van der Waals surface area contributed by atoms with Gasteiger partial charge in [-0.3, -0.25) is 0 Å². The van der Waals surface area contributed by atoms with Crippen LogP contribution in [0.5, 0.6) is 0 Å². The Morgan fingerprint density at radius 2 is 1.88 bits per heavy atom. The van der Waals surface area contributed by atoms with Crippen LogP contribution in [0.4, 0.5) is 0 Å². The van der Waals surface area contributed by atoms with Gasteiger partial charge in [0.2, 0.25) is 0 Å². The number of rotatable bonds is 7. The summed E-state index contributed by atoms with van der Waals surface area (Å²) in [4.78, 5) is 0. The third-order valence-corrected chi connectivity index (χ3v) is 9.80. The van der Waals surface area contributed by atoms with E-state index in [0.29, 0.717) is 36.0 Å². The van der Waals surface area contributed by atoms with Crippen LogP contribution in [0.2, 0.25) is 0 Å². The van der Waals surface area contributed by atoms with Gasteiger partial charge >= 0.3 is 0 Å². The van der Waals surface area contributed by atoms with E-state index >= 15 is 0 Å². The Balaban J connectivity index is 1.46. The van der Waals surface area contributed by atoms with Gasteiger partial charge in [-0.05, 0) is 97.5 Å². The Bertz CT molecular complexity index is 816. The van der Waals surface area contributed by atoms with Gasteiger partial charge in [0.15, 0.2) is 0 Å². The van der Waals surface area contributed by atoms with Crippen molar-refractivity contribution >= 4 is 0 Å². The number of hydrogen-bond donors (Lipinski definition) is 3. The van der Waals surface area contributed by atoms with Crippen LogP contribution in [0.3, 0.4) is 0 Å². The third kappa shape index (κ3) is 4.97. The van der Waals surface area contributed by atoms with Crippen LogP contribution in [0, 0.1) is 28.6 Å². The molecule has 3 N–H and O–H groups in total. The van der Waals surface area contributed by atoms with Gasteiger partial charge in [0.1, 0.15) is 0 Å². The van der Waals surface area contributed by atoms with Gasteiger partial charge < -0.3 is 15.3 Å². The minimum Gasteiger partial charge on any atom is -0.393 e. The van der Waals surface area contributed by atoms with E-state index in [9.17, 15) is 15.3 Å². The standard InChI is InChI=1S/C30H46O3/c1-5-14-30(16-17-30)28(33)13-8-20(2)25-11-12-26-22(7-6-15-29(25,26)4)9-10-23-18-24(31)19-27(32)21(23)3/h8-10,13,20,24-28,31-33H,3,5-7,11-12,14-19H2,1-2,4H3/t20-,24-,25-,26+,27+,28-,29-/m1/s1. The highest BCUT2D eigenvalue weighted by atomic mass is 16.3. The molecule has 33 heavy (non-hydrogen) atoms. The summed E-state index contributed by atoms with van der Waals surface area (Å²) in [5.74, 6) is 1.74. The van der Waals surface area contributed by atoms with E-state index in [4.69, 9.17) is 0 Å². The van der Waals surface area contributed by atoms with E-state index < -0.39 is 12.2 Å². The summed E-state index contributed by atoms with van der Waals surface area (Å²) in [6, 6.07) is 0. The molecule has 0 unspecified atom stereocenters. The number of hydrogen-bond acceptors (Lipinski definition) is 3. The predicted molar refractivity (Wildman–Crippen MR) is 136 cm³/mol. The second kappa shape index (κ2) is 9.84. The predicted octanol–water partition coefficient (Wildman–Crippen LogP) is 6.26. The first-order valence-corrected chi connectivity index (χ1v) is 13.5. The summed E-state index contributed by atoms with van der Waals surface area (Å²) in [5.41, 5.74) is 3.79. The number of fused-ring (bicyclic) bond motifs is 1. The molecule has 7 atom stereocenters. The van der Waals surface area contributed by atoms with Crippen LogP contribution >= 0.6 is 0 Å². The molecule has 0 aromatic heterocycles. The molecule has 4 saturated carbocycles. The Morgan fingerprint density at radius 3 is 2.58 bits per heavy atom. The van der Waals surface area contributed by atoms with Crippen molar-refractivity contribution in [3.63, 3.8) is 0 Å². The zero-order valence-electron chi connectivity index (χ0n) is 21.1. The zero-order valence-corrected chi connectivity index (χ0v) is 21.1. The van der Waals surface area contributed by atoms with Gasteiger partial charge in [0, 0.05) is 6.42 Å². The molecule has 184 valence electrons. The largest absolute Gasteiger partial charge is 0.393 e. The Morgan fingerprint density at radius 1 is 1.12 bits per heavy atom. The lowest BCUT2D eigenvalue weighted by molar-refractivity contribution is 0.0862. The quantitative estimate of drug-likeness (QED) is 0.398. The van der Waals surface area contributed by atoms with Gasteiger partial charge in [-0.25, -0.2) is 0 Å². The van der Waals surface area contributed by atoms with Gasteiger partial charge in [-0.1, -0.05) is 63.6 Å². The molecule has 0 aliphatic heterocycles. The first kappa shape index (κ1) is 24.9. The van der Waals surface area contributed by atoms with E-state index in [1.54, 1.807) is 0 Å². The van der Waals surface area contributed by atoms with Crippen molar-refractivity contribution in [2.75, 3.05) is 0 Å². The second-order valence-electron chi connectivity index (χ2n) is 12.0. The molecule has 0 aromatic carbocycles. The van der Waals surface area contributed by atoms with Crippen molar-refractivity contribution in [1.29, 1.82) is 0 Å². The van der Waals surface area contributed by atoms with E-state index in [-0.39, 0.29) is 11.5 Å².